The third-order valence-corrected chi connectivity index (χ3v) is 3.45. The van der Waals surface area contributed by atoms with Crippen LogP contribution in [0.3, 0.4) is 0 Å². The summed E-state index contributed by atoms with van der Waals surface area (Å²) in [6.07, 6.45) is 1.90. The van der Waals surface area contributed by atoms with Crippen LogP contribution in [0.4, 0.5) is 4.39 Å². The fourth-order valence-corrected chi connectivity index (χ4v) is 2.31. The molecule has 0 atom stereocenters. The first-order chi connectivity index (χ1) is 11.2. The summed E-state index contributed by atoms with van der Waals surface area (Å²) >= 11 is 0. The highest BCUT2D eigenvalue weighted by Gasteiger charge is 2.04. The van der Waals surface area contributed by atoms with Gasteiger partial charge in [-0.15, -0.1) is 0 Å². The predicted octanol–water partition coefficient (Wildman–Crippen LogP) is 2.95. The Kier molecular flexibility index (Phi) is 4.39. The molecule has 0 bridgehead atoms. The number of benzene rings is 2. The first kappa shape index (κ1) is 14.9. The number of halogens is 1. The molecule has 0 aliphatic rings. The van der Waals surface area contributed by atoms with Crippen molar-refractivity contribution in [2.75, 3.05) is 6.54 Å². The van der Waals surface area contributed by atoms with Crippen molar-refractivity contribution in [3.63, 3.8) is 0 Å². The molecular formula is C19H15FN2O. The summed E-state index contributed by atoms with van der Waals surface area (Å²) in [7, 11) is 0. The van der Waals surface area contributed by atoms with Gasteiger partial charge in [-0.3, -0.25) is 4.79 Å². The van der Waals surface area contributed by atoms with E-state index in [4.69, 9.17) is 0 Å². The number of para-hydroxylation sites is 1. The maximum absolute atomic E-state index is 12.8. The van der Waals surface area contributed by atoms with Crippen LogP contribution >= 0.6 is 0 Å². The van der Waals surface area contributed by atoms with Crippen LogP contribution in [-0.2, 0) is 11.3 Å². The van der Waals surface area contributed by atoms with Gasteiger partial charge in [-0.1, -0.05) is 30.0 Å². The number of hydrogen-bond donors (Lipinski definition) is 1. The number of hydrogen-bond acceptors (Lipinski definition) is 1. The monoisotopic (exact) mass is 306 g/mol. The number of nitrogens with zero attached hydrogens (tertiary/aromatic N) is 1. The Bertz CT molecular complexity index is 885. The molecular weight excluding hydrogens is 291 g/mol. The minimum absolute atomic E-state index is 0.0974. The summed E-state index contributed by atoms with van der Waals surface area (Å²) in [5.74, 6) is 5.35. The Labute approximate surface area is 133 Å². The second kappa shape index (κ2) is 6.80. The molecule has 2 aromatic carbocycles. The van der Waals surface area contributed by atoms with E-state index in [1.54, 1.807) is 12.1 Å². The molecule has 3 nitrogen and oxygen atoms in total. The van der Waals surface area contributed by atoms with Gasteiger partial charge in [0.05, 0.1) is 6.54 Å². The molecule has 1 aromatic heterocycles. The van der Waals surface area contributed by atoms with E-state index in [1.807, 2.05) is 41.1 Å². The van der Waals surface area contributed by atoms with Crippen molar-refractivity contribution in [1.82, 2.24) is 9.88 Å². The van der Waals surface area contributed by atoms with E-state index in [9.17, 15) is 9.18 Å². The van der Waals surface area contributed by atoms with Crippen LogP contribution in [0.15, 0.2) is 60.8 Å². The highest BCUT2D eigenvalue weighted by Crippen LogP contribution is 2.14. The highest BCUT2D eigenvalue weighted by molar-refractivity contribution is 5.83. The minimum Gasteiger partial charge on any atom is -0.344 e. The van der Waals surface area contributed by atoms with Crippen molar-refractivity contribution in [2.45, 2.75) is 6.54 Å². The molecule has 3 rings (SSSR count). The summed E-state index contributed by atoms with van der Waals surface area (Å²) < 4.78 is 14.7. The van der Waals surface area contributed by atoms with Crippen molar-refractivity contribution in [3.05, 3.63) is 72.2 Å². The molecule has 1 amide bonds. The molecule has 0 aliphatic heterocycles. The average molecular weight is 306 g/mol. The van der Waals surface area contributed by atoms with Gasteiger partial charge in [-0.25, -0.2) is 4.39 Å². The Morgan fingerprint density at radius 1 is 1.09 bits per heavy atom. The lowest BCUT2D eigenvalue weighted by Crippen LogP contribution is -2.27. The average Bonchev–Trinajstić information content (AvgIpc) is 2.96. The maximum Gasteiger partial charge on any atom is 0.240 e. The van der Waals surface area contributed by atoms with Gasteiger partial charge in [0.15, 0.2) is 0 Å². The maximum atomic E-state index is 12.8. The molecule has 3 aromatic rings. The van der Waals surface area contributed by atoms with Gasteiger partial charge in [0.25, 0.3) is 0 Å². The van der Waals surface area contributed by atoms with E-state index in [1.165, 1.54) is 12.1 Å². The molecule has 0 fully saturated rings. The van der Waals surface area contributed by atoms with Gasteiger partial charge in [-0.05, 0) is 41.8 Å². The number of rotatable bonds is 3. The first-order valence-corrected chi connectivity index (χ1v) is 7.27. The van der Waals surface area contributed by atoms with E-state index in [0.717, 1.165) is 16.5 Å². The molecule has 0 radical (unpaired) electrons. The molecule has 0 saturated carbocycles. The number of carbonyl (C=O) groups excluding carboxylic acids is 1. The van der Waals surface area contributed by atoms with Crippen LogP contribution in [0.2, 0.25) is 0 Å². The zero-order valence-electron chi connectivity index (χ0n) is 12.4. The number of fused-ring (bicyclic) bond motifs is 1. The van der Waals surface area contributed by atoms with Gasteiger partial charge < -0.3 is 9.88 Å². The van der Waals surface area contributed by atoms with Crippen molar-refractivity contribution in [2.24, 2.45) is 0 Å². The highest BCUT2D eigenvalue weighted by atomic mass is 19.1. The molecule has 1 N–H and O–H groups in total. The molecule has 0 aliphatic carbocycles. The summed E-state index contributed by atoms with van der Waals surface area (Å²) in [6.45, 7) is 0.515. The molecule has 1 heterocycles. The number of carbonyl (C=O) groups is 1. The van der Waals surface area contributed by atoms with Crippen molar-refractivity contribution in [1.29, 1.82) is 0 Å². The van der Waals surface area contributed by atoms with Crippen LogP contribution in [0.25, 0.3) is 10.9 Å². The molecule has 0 spiro atoms. The lowest BCUT2D eigenvalue weighted by molar-refractivity contribution is -0.121. The molecule has 0 unspecified atom stereocenters. The number of amides is 1. The van der Waals surface area contributed by atoms with Crippen molar-refractivity contribution >= 4 is 16.8 Å². The third kappa shape index (κ3) is 3.78. The van der Waals surface area contributed by atoms with E-state index in [2.05, 4.69) is 17.2 Å². The number of aromatic nitrogens is 1. The van der Waals surface area contributed by atoms with Crippen LogP contribution in [0.5, 0.6) is 0 Å². The summed E-state index contributed by atoms with van der Waals surface area (Å²) in [4.78, 5) is 12.0. The summed E-state index contributed by atoms with van der Waals surface area (Å²) in [5, 5.41) is 3.87. The van der Waals surface area contributed by atoms with Crippen LogP contribution in [-0.4, -0.2) is 17.0 Å². The van der Waals surface area contributed by atoms with Crippen molar-refractivity contribution in [3.8, 4) is 11.8 Å². The molecule has 4 heteroatoms. The van der Waals surface area contributed by atoms with Gasteiger partial charge in [-0.2, -0.15) is 0 Å². The molecule has 114 valence electrons. The van der Waals surface area contributed by atoms with Crippen LogP contribution in [0.1, 0.15) is 5.56 Å². The number of nitrogens with one attached hydrogen (secondary N) is 1. The van der Waals surface area contributed by atoms with E-state index in [0.29, 0.717) is 0 Å². The second-order valence-electron chi connectivity index (χ2n) is 5.09. The van der Waals surface area contributed by atoms with Gasteiger partial charge in [0.2, 0.25) is 5.91 Å². The lowest BCUT2D eigenvalue weighted by Gasteiger charge is -2.05. The van der Waals surface area contributed by atoms with E-state index in [-0.39, 0.29) is 24.8 Å². The second-order valence-corrected chi connectivity index (χ2v) is 5.09. The standard InChI is InChI=1S/C19H15FN2O/c20-17-9-7-15(8-10-17)4-3-12-21-19(23)14-22-13-11-16-5-1-2-6-18(16)22/h1-2,5-11,13H,12,14H2,(H,21,23). The van der Waals surface area contributed by atoms with E-state index < -0.39 is 0 Å². The molecule has 23 heavy (non-hydrogen) atoms. The zero-order chi connectivity index (χ0) is 16.1. The minimum atomic E-state index is -0.289. The van der Waals surface area contributed by atoms with Gasteiger partial charge >= 0.3 is 0 Å². The predicted molar refractivity (Wildman–Crippen MR) is 88.2 cm³/mol. The topological polar surface area (TPSA) is 34.0 Å². The quantitative estimate of drug-likeness (QED) is 0.742. The van der Waals surface area contributed by atoms with E-state index >= 15 is 0 Å². The lowest BCUT2D eigenvalue weighted by atomic mass is 10.2. The smallest absolute Gasteiger partial charge is 0.240 e. The summed E-state index contributed by atoms with van der Waals surface area (Å²) in [5.41, 5.74) is 1.75. The first-order valence-electron chi connectivity index (χ1n) is 7.27. The SMILES string of the molecule is O=C(Cn1ccc2ccccc21)NCC#Cc1ccc(F)cc1. The van der Waals surface area contributed by atoms with Gasteiger partial charge in [0, 0.05) is 17.3 Å². The summed E-state index contributed by atoms with van der Waals surface area (Å²) in [6, 6.07) is 15.8. The van der Waals surface area contributed by atoms with Crippen LogP contribution < -0.4 is 5.32 Å². The fourth-order valence-electron chi connectivity index (χ4n) is 2.31. The van der Waals surface area contributed by atoms with Gasteiger partial charge in [0.1, 0.15) is 12.4 Å². The Balaban J connectivity index is 1.55. The van der Waals surface area contributed by atoms with Crippen molar-refractivity contribution < 1.29 is 9.18 Å². The Morgan fingerprint density at radius 3 is 2.70 bits per heavy atom. The molecule has 0 saturated heterocycles. The van der Waals surface area contributed by atoms with Crippen LogP contribution in [0, 0.1) is 17.7 Å². The Morgan fingerprint density at radius 2 is 1.87 bits per heavy atom. The largest absolute Gasteiger partial charge is 0.344 e. The third-order valence-electron chi connectivity index (χ3n) is 3.45. The Hall–Kier alpha value is -3.06. The fraction of sp³-hybridized carbons (Fsp3) is 0.105. The normalized spacial score (nSPS) is 10.1. The zero-order valence-corrected chi connectivity index (χ0v) is 12.4.